The van der Waals surface area contributed by atoms with E-state index in [0.717, 1.165) is 41.3 Å². The fourth-order valence-electron chi connectivity index (χ4n) is 3.26. The summed E-state index contributed by atoms with van der Waals surface area (Å²) in [6.07, 6.45) is -1.80. The first kappa shape index (κ1) is 16.0. The van der Waals surface area contributed by atoms with Gasteiger partial charge in [0.1, 0.15) is 0 Å². The highest BCUT2D eigenvalue weighted by Crippen LogP contribution is 2.30. The van der Waals surface area contributed by atoms with Crippen LogP contribution in [-0.2, 0) is 25.7 Å². The van der Waals surface area contributed by atoms with Gasteiger partial charge in [0, 0.05) is 43.3 Å². The number of fused-ring (bicyclic) bond motifs is 2. The number of benzene rings is 1. The minimum Gasteiger partial charge on any atom is -0.294 e. The summed E-state index contributed by atoms with van der Waals surface area (Å²) in [5.41, 5.74) is 2.98. The maximum atomic E-state index is 12.9. The number of alkyl halides is 3. The van der Waals surface area contributed by atoms with Gasteiger partial charge in [0.25, 0.3) is 0 Å². The highest BCUT2D eigenvalue weighted by molar-refractivity contribution is 5.75. The molecule has 0 saturated carbocycles. The van der Waals surface area contributed by atoms with E-state index < -0.39 is 11.7 Å². The second-order valence-corrected chi connectivity index (χ2v) is 6.30. The molecule has 0 bridgehead atoms. The Bertz CT molecular complexity index is 921. The van der Waals surface area contributed by atoms with Crippen LogP contribution in [-0.4, -0.2) is 21.4 Å². The quantitative estimate of drug-likeness (QED) is 0.698. The van der Waals surface area contributed by atoms with Gasteiger partial charge < -0.3 is 0 Å². The summed E-state index contributed by atoms with van der Waals surface area (Å²) in [4.78, 5) is 11.0. The van der Waals surface area contributed by atoms with Crippen molar-refractivity contribution in [3.05, 3.63) is 71.0 Å². The van der Waals surface area contributed by atoms with Gasteiger partial charge in [-0.3, -0.25) is 4.90 Å². The van der Waals surface area contributed by atoms with E-state index in [4.69, 9.17) is 0 Å². The van der Waals surface area contributed by atoms with Crippen molar-refractivity contribution in [1.29, 1.82) is 0 Å². The Labute approximate surface area is 143 Å². The molecule has 128 valence electrons. The lowest BCUT2D eigenvalue weighted by Gasteiger charge is -2.28. The zero-order chi connectivity index (χ0) is 17.4. The average Bonchev–Trinajstić information content (AvgIpc) is 2.59. The molecule has 3 heterocycles. The van der Waals surface area contributed by atoms with E-state index in [0.29, 0.717) is 18.7 Å². The van der Waals surface area contributed by atoms with Gasteiger partial charge >= 0.3 is 6.18 Å². The van der Waals surface area contributed by atoms with Crippen molar-refractivity contribution in [2.24, 2.45) is 0 Å². The molecule has 0 aliphatic carbocycles. The van der Waals surface area contributed by atoms with E-state index in [9.17, 15) is 13.2 Å². The summed E-state index contributed by atoms with van der Waals surface area (Å²) >= 11 is 0. The average molecular weight is 343 g/mol. The Morgan fingerprint density at radius 3 is 2.80 bits per heavy atom. The molecule has 0 radical (unpaired) electrons. The summed E-state index contributed by atoms with van der Waals surface area (Å²) in [6.45, 7) is 1.95. The summed E-state index contributed by atoms with van der Waals surface area (Å²) in [7, 11) is 0. The number of aromatic nitrogens is 2. The zero-order valence-corrected chi connectivity index (χ0v) is 13.4. The Kier molecular flexibility index (Phi) is 3.92. The van der Waals surface area contributed by atoms with Crippen molar-refractivity contribution >= 4 is 11.0 Å². The second-order valence-electron chi connectivity index (χ2n) is 6.30. The third kappa shape index (κ3) is 3.35. The van der Waals surface area contributed by atoms with Crippen molar-refractivity contribution in [1.82, 2.24) is 14.9 Å². The van der Waals surface area contributed by atoms with Crippen molar-refractivity contribution in [3.8, 4) is 0 Å². The van der Waals surface area contributed by atoms with Crippen molar-refractivity contribution < 1.29 is 13.2 Å². The van der Waals surface area contributed by atoms with Crippen LogP contribution in [0.2, 0.25) is 0 Å². The lowest BCUT2D eigenvalue weighted by atomic mass is 10.0. The van der Waals surface area contributed by atoms with E-state index in [1.165, 1.54) is 12.1 Å². The van der Waals surface area contributed by atoms with Gasteiger partial charge in [0.05, 0.1) is 5.56 Å². The molecule has 1 aromatic carbocycles. The Morgan fingerprint density at radius 2 is 1.96 bits per heavy atom. The lowest BCUT2D eigenvalue weighted by molar-refractivity contribution is -0.137. The third-order valence-corrected chi connectivity index (χ3v) is 4.48. The minimum atomic E-state index is -4.31. The molecule has 0 atom stereocenters. The fraction of sp³-hybridized carbons (Fsp3) is 0.263. The molecule has 0 N–H and O–H groups in total. The van der Waals surface area contributed by atoms with Crippen molar-refractivity contribution in [3.63, 3.8) is 0 Å². The summed E-state index contributed by atoms with van der Waals surface area (Å²) in [6, 6.07) is 11.5. The molecule has 25 heavy (non-hydrogen) atoms. The molecule has 4 rings (SSSR count). The van der Waals surface area contributed by atoms with Gasteiger partial charge in [-0.2, -0.15) is 13.2 Å². The Balaban J connectivity index is 1.56. The lowest BCUT2D eigenvalue weighted by Crippen LogP contribution is -2.30. The van der Waals surface area contributed by atoms with E-state index in [2.05, 4.69) is 20.9 Å². The molecule has 3 nitrogen and oxygen atoms in total. The van der Waals surface area contributed by atoms with Crippen LogP contribution in [0.25, 0.3) is 11.0 Å². The molecule has 6 heteroatoms. The number of hydrogen-bond donors (Lipinski definition) is 0. The number of nitrogens with zero attached hydrogens (tertiary/aromatic N) is 3. The zero-order valence-electron chi connectivity index (χ0n) is 13.4. The van der Waals surface area contributed by atoms with Crippen LogP contribution in [0.4, 0.5) is 13.2 Å². The number of halogens is 3. The molecule has 0 saturated heterocycles. The molecule has 2 aromatic heterocycles. The van der Waals surface area contributed by atoms with Gasteiger partial charge in [-0.25, -0.2) is 9.97 Å². The van der Waals surface area contributed by atoms with Crippen LogP contribution in [0, 0.1) is 0 Å². The smallest absolute Gasteiger partial charge is 0.294 e. The molecule has 1 aliphatic heterocycles. The maximum absolute atomic E-state index is 12.9. The normalized spacial score (nSPS) is 15.3. The first-order valence-electron chi connectivity index (χ1n) is 8.11. The van der Waals surface area contributed by atoms with E-state index in [1.807, 2.05) is 12.1 Å². The van der Waals surface area contributed by atoms with Crippen molar-refractivity contribution in [2.75, 3.05) is 6.54 Å². The SMILES string of the molecule is FC(F)(F)c1cccc(CN2CCc3nc4ncccc4cc3C2)c1. The molecular formula is C19H16F3N3. The van der Waals surface area contributed by atoms with Gasteiger partial charge in [-0.15, -0.1) is 0 Å². The number of hydrogen-bond acceptors (Lipinski definition) is 3. The summed E-state index contributed by atoms with van der Waals surface area (Å²) in [5.74, 6) is 0. The minimum absolute atomic E-state index is 0.494. The standard InChI is InChI=1S/C19H16F3N3/c20-19(21,22)16-5-1-3-13(9-16)11-25-8-6-17-15(12-25)10-14-4-2-7-23-18(14)24-17/h1-5,7,9-10H,6,8,11-12H2. The molecule has 0 unspecified atom stereocenters. The largest absolute Gasteiger partial charge is 0.416 e. The van der Waals surface area contributed by atoms with Crippen LogP contribution in [0.5, 0.6) is 0 Å². The molecule has 0 fully saturated rings. The molecule has 3 aromatic rings. The highest BCUT2D eigenvalue weighted by Gasteiger charge is 2.30. The molecular weight excluding hydrogens is 327 g/mol. The van der Waals surface area contributed by atoms with Gasteiger partial charge in [0.15, 0.2) is 5.65 Å². The molecule has 0 spiro atoms. The van der Waals surface area contributed by atoms with Crippen LogP contribution in [0.15, 0.2) is 48.7 Å². The number of rotatable bonds is 2. The first-order chi connectivity index (χ1) is 12.0. The van der Waals surface area contributed by atoms with E-state index >= 15 is 0 Å². The second kappa shape index (κ2) is 6.11. The summed E-state index contributed by atoms with van der Waals surface area (Å²) in [5, 5.41) is 0.988. The van der Waals surface area contributed by atoms with Gasteiger partial charge in [0.2, 0.25) is 0 Å². The van der Waals surface area contributed by atoms with Gasteiger partial charge in [-0.05, 0) is 35.4 Å². The van der Waals surface area contributed by atoms with E-state index in [-0.39, 0.29) is 0 Å². The predicted molar refractivity (Wildman–Crippen MR) is 88.8 cm³/mol. The van der Waals surface area contributed by atoms with Crippen LogP contribution < -0.4 is 0 Å². The maximum Gasteiger partial charge on any atom is 0.416 e. The molecule has 1 aliphatic rings. The predicted octanol–water partition coefficient (Wildman–Crippen LogP) is 4.21. The third-order valence-electron chi connectivity index (χ3n) is 4.48. The van der Waals surface area contributed by atoms with Crippen molar-refractivity contribution in [2.45, 2.75) is 25.7 Å². The monoisotopic (exact) mass is 343 g/mol. The van der Waals surface area contributed by atoms with Crippen LogP contribution in [0.3, 0.4) is 0 Å². The Hall–Kier alpha value is -2.47. The fourth-order valence-corrected chi connectivity index (χ4v) is 3.26. The Morgan fingerprint density at radius 1 is 1.08 bits per heavy atom. The highest BCUT2D eigenvalue weighted by atomic mass is 19.4. The van der Waals surface area contributed by atoms with Crippen LogP contribution in [0.1, 0.15) is 22.4 Å². The van der Waals surface area contributed by atoms with E-state index in [1.54, 1.807) is 12.3 Å². The van der Waals surface area contributed by atoms with Crippen LogP contribution >= 0.6 is 0 Å². The summed E-state index contributed by atoms with van der Waals surface area (Å²) < 4.78 is 38.6. The number of pyridine rings is 2. The van der Waals surface area contributed by atoms with Gasteiger partial charge in [-0.1, -0.05) is 18.2 Å². The molecule has 0 amide bonds. The first-order valence-corrected chi connectivity index (χ1v) is 8.11. The topological polar surface area (TPSA) is 29.0 Å².